The molecule has 6 nitrogen and oxygen atoms in total. The number of hydrogen-bond acceptors (Lipinski definition) is 4. The van der Waals surface area contributed by atoms with Crippen molar-refractivity contribution in [3.05, 3.63) is 18.7 Å². The Morgan fingerprint density at radius 2 is 1.75 bits per heavy atom. The Morgan fingerprint density at radius 3 is 2.20 bits per heavy atom. The van der Waals surface area contributed by atoms with Crippen LogP contribution >= 0.6 is 0 Å². The smallest absolute Gasteiger partial charge is 0.243 e. The lowest BCUT2D eigenvalue weighted by Crippen LogP contribution is -2.30. The molecule has 0 saturated heterocycles. The van der Waals surface area contributed by atoms with Crippen molar-refractivity contribution < 1.29 is 21.7 Å². The van der Waals surface area contributed by atoms with Gasteiger partial charge in [-0.1, -0.05) is 32.6 Å². The molecule has 0 amide bonds. The minimum absolute atomic E-state index is 0.808. The first-order valence-corrected chi connectivity index (χ1v) is 8.24. The predicted molar refractivity (Wildman–Crippen MR) is 75.7 cm³/mol. The molecule has 0 atom stereocenters. The van der Waals surface area contributed by atoms with Crippen molar-refractivity contribution in [2.45, 2.75) is 52.0 Å². The van der Waals surface area contributed by atoms with Crippen LogP contribution in [0.1, 0.15) is 45.4 Å². The van der Waals surface area contributed by atoms with Gasteiger partial charge in [0.2, 0.25) is 16.7 Å². The van der Waals surface area contributed by atoms with Gasteiger partial charge in [-0.25, -0.2) is 17.6 Å². The molecule has 0 aliphatic heterocycles. The van der Waals surface area contributed by atoms with Crippen molar-refractivity contribution in [3.63, 3.8) is 0 Å². The van der Waals surface area contributed by atoms with Crippen LogP contribution in [0.3, 0.4) is 0 Å². The Balaban J connectivity index is 0.000000511. The van der Waals surface area contributed by atoms with E-state index in [0.29, 0.717) is 0 Å². The van der Waals surface area contributed by atoms with Gasteiger partial charge < -0.3 is 4.55 Å². The molecule has 1 aromatic heterocycles. The van der Waals surface area contributed by atoms with E-state index in [9.17, 15) is 13.0 Å². The Bertz CT molecular complexity index is 443. The van der Waals surface area contributed by atoms with Crippen molar-refractivity contribution in [1.82, 2.24) is 4.57 Å². The molecule has 118 valence electrons. The first-order valence-electron chi connectivity index (χ1n) is 6.91. The van der Waals surface area contributed by atoms with E-state index in [-0.39, 0.29) is 0 Å². The van der Waals surface area contributed by atoms with Gasteiger partial charge in [-0.2, -0.15) is 0 Å². The molecular weight excluding hydrogens is 280 g/mol. The standard InChI is InChI=1S/C12H23N2.CH4O4S/c1-3-4-5-6-7-8-9-14-11-10-13(2)12-14;1-5-6(2,3)4/h10-12H,3-9H2,1-2H3;1H3,(H,2,3,4)/q+1;/p-1. The van der Waals surface area contributed by atoms with Gasteiger partial charge in [0.1, 0.15) is 12.4 Å². The summed E-state index contributed by atoms with van der Waals surface area (Å²) in [5.41, 5.74) is 0. The fourth-order valence-electron chi connectivity index (χ4n) is 1.71. The van der Waals surface area contributed by atoms with Crippen LogP contribution < -0.4 is 4.57 Å². The Labute approximate surface area is 122 Å². The van der Waals surface area contributed by atoms with Gasteiger partial charge in [0.25, 0.3) is 0 Å². The summed E-state index contributed by atoms with van der Waals surface area (Å²) in [6.07, 6.45) is 14.6. The van der Waals surface area contributed by atoms with Gasteiger partial charge in [-0.3, -0.25) is 4.18 Å². The third-order valence-corrected chi connectivity index (χ3v) is 3.21. The fourth-order valence-corrected chi connectivity index (χ4v) is 1.71. The van der Waals surface area contributed by atoms with Crippen molar-refractivity contribution in [2.24, 2.45) is 7.05 Å². The molecule has 0 N–H and O–H groups in total. The van der Waals surface area contributed by atoms with Gasteiger partial charge in [-0.05, 0) is 12.8 Å². The fraction of sp³-hybridized carbons (Fsp3) is 0.769. The van der Waals surface area contributed by atoms with Crippen molar-refractivity contribution in [1.29, 1.82) is 0 Å². The minimum Gasteiger partial charge on any atom is -0.726 e. The van der Waals surface area contributed by atoms with E-state index in [0.717, 1.165) is 7.11 Å². The molecule has 0 bridgehead atoms. The van der Waals surface area contributed by atoms with E-state index in [1.807, 2.05) is 0 Å². The molecule has 0 saturated carbocycles. The highest BCUT2D eigenvalue weighted by Gasteiger charge is 1.98. The normalized spacial score (nSPS) is 11.0. The maximum Gasteiger partial charge on any atom is 0.243 e. The number of hydrogen-bond donors (Lipinski definition) is 0. The summed E-state index contributed by atoms with van der Waals surface area (Å²) >= 11 is 0. The van der Waals surface area contributed by atoms with Gasteiger partial charge in [-0.15, -0.1) is 0 Å². The van der Waals surface area contributed by atoms with Crippen LogP contribution in [-0.4, -0.2) is 24.6 Å². The van der Waals surface area contributed by atoms with Crippen LogP contribution in [0.2, 0.25) is 0 Å². The second-order valence-electron chi connectivity index (χ2n) is 4.66. The average molecular weight is 306 g/mol. The highest BCUT2D eigenvalue weighted by Crippen LogP contribution is 2.04. The molecule has 20 heavy (non-hydrogen) atoms. The summed E-state index contributed by atoms with van der Waals surface area (Å²) in [6.45, 7) is 3.44. The van der Waals surface area contributed by atoms with Gasteiger partial charge in [0.05, 0.1) is 20.7 Å². The molecule has 0 radical (unpaired) electrons. The second kappa shape index (κ2) is 10.8. The molecule has 1 aromatic rings. The molecule has 0 fully saturated rings. The van der Waals surface area contributed by atoms with E-state index >= 15 is 0 Å². The quantitative estimate of drug-likeness (QED) is 0.317. The first kappa shape index (κ1) is 19.1. The molecule has 0 aromatic carbocycles. The minimum atomic E-state index is -4.41. The number of unbranched alkanes of at least 4 members (excludes halogenated alkanes) is 5. The zero-order valence-electron chi connectivity index (χ0n) is 12.6. The van der Waals surface area contributed by atoms with Gasteiger partial charge in [0.15, 0.2) is 0 Å². The van der Waals surface area contributed by atoms with Crippen LogP contribution in [0.4, 0.5) is 0 Å². The Kier molecular flexibility index (Phi) is 10.3. The lowest BCUT2D eigenvalue weighted by Gasteiger charge is -1.98. The third kappa shape index (κ3) is 12.1. The lowest BCUT2D eigenvalue weighted by molar-refractivity contribution is -0.696. The second-order valence-corrected chi connectivity index (χ2v) is 5.81. The van der Waals surface area contributed by atoms with Crippen molar-refractivity contribution in [2.75, 3.05) is 7.11 Å². The number of aryl methyl sites for hydroxylation is 2. The lowest BCUT2D eigenvalue weighted by atomic mass is 10.1. The van der Waals surface area contributed by atoms with Crippen LogP contribution in [0, 0.1) is 0 Å². The van der Waals surface area contributed by atoms with E-state index < -0.39 is 10.4 Å². The largest absolute Gasteiger partial charge is 0.726 e. The summed E-state index contributed by atoms with van der Waals surface area (Å²) in [6, 6.07) is 0. The van der Waals surface area contributed by atoms with Crippen LogP contribution in [0.15, 0.2) is 18.7 Å². The molecular formula is C13H26N2O4S. The Hall–Kier alpha value is -0.920. The highest BCUT2D eigenvalue weighted by molar-refractivity contribution is 7.80. The van der Waals surface area contributed by atoms with E-state index in [1.165, 1.54) is 45.1 Å². The SMILES string of the molecule is CCCCCCCC[n+]1ccn(C)c1.COS(=O)(=O)[O-]. The number of aromatic nitrogens is 2. The van der Waals surface area contributed by atoms with Crippen molar-refractivity contribution in [3.8, 4) is 0 Å². The monoisotopic (exact) mass is 306 g/mol. The van der Waals surface area contributed by atoms with Crippen LogP contribution in [0.25, 0.3) is 0 Å². The highest BCUT2D eigenvalue weighted by atomic mass is 32.3. The molecule has 1 heterocycles. The van der Waals surface area contributed by atoms with E-state index in [1.54, 1.807) is 0 Å². The topological polar surface area (TPSA) is 75.2 Å². The van der Waals surface area contributed by atoms with Gasteiger partial charge >= 0.3 is 0 Å². The van der Waals surface area contributed by atoms with Crippen LogP contribution in [-0.2, 0) is 28.2 Å². The zero-order valence-corrected chi connectivity index (χ0v) is 13.4. The van der Waals surface area contributed by atoms with Crippen molar-refractivity contribution >= 4 is 10.4 Å². The number of rotatable bonds is 8. The summed E-state index contributed by atoms with van der Waals surface area (Å²) in [7, 11) is -1.54. The summed E-state index contributed by atoms with van der Waals surface area (Å²) in [4.78, 5) is 0. The summed E-state index contributed by atoms with van der Waals surface area (Å²) in [5.74, 6) is 0. The molecule has 7 heteroatoms. The van der Waals surface area contributed by atoms with E-state index in [2.05, 4.69) is 46.0 Å². The average Bonchev–Trinajstić information content (AvgIpc) is 2.79. The molecule has 0 aliphatic rings. The summed E-state index contributed by atoms with van der Waals surface area (Å²) < 4.78 is 35.4. The molecule has 0 spiro atoms. The third-order valence-electron chi connectivity index (χ3n) is 2.80. The molecule has 0 unspecified atom stereocenters. The number of nitrogens with zero attached hydrogens (tertiary/aromatic N) is 2. The maximum atomic E-state index is 9.22. The van der Waals surface area contributed by atoms with Crippen LogP contribution in [0.5, 0.6) is 0 Å². The number of imidazole rings is 1. The molecule has 1 rings (SSSR count). The maximum absolute atomic E-state index is 9.22. The first-order chi connectivity index (χ1) is 9.39. The molecule has 0 aliphatic carbocycles. The van der Waals surface area contributed by atoms with Gasteiger partial charge in [0, 0.05) is 0 Å². The summed E-state index contributed by atoms with van der Waals surface area (Å²) in [5, 5.41) is 0. The Morgan fingerprint density at radius 1 is 1.20 bits per heavy atom. The predicted octanol–water partition coefficient (Wildman–Crippen LogP) is 1.77. The van der Waals surface area contributed by atoms with E-state index in [4.69, 9.17) is 0 Å². The zero-order chi connectivity index (χ0) is 15.4.